The van der Waals surface area contributed by atoms with Crippen LogP contribution in [0, 0.1) is 0 Å². The Morgan fingerprint density at radius 2 is 0.609 bits per heavy atom. The predicted octanol–water partition coefficient (Wildman–Crippen LogP) is 13.0. The SMILES string of the molecule is c1ccc(-c2cccc([Si](c3ccccc3)(c3cccc(-c4ccccc4)c3)c3cccc(-c4cc(-n5c6ccccc6c6ccccc65)nc(-n5c6ccccc6c6ccccc65)n4)c3)c2)cc1. The van der Waals surface area contributed by atoms with Crippen molar-refractivity contribution in [3.8, 4) is 45.3 Å². The Kier molecular flexibility index (Phi) is 9.81. The van der Waals surface area contributed by atoms with Crippen LogP contribution in [0.2, 0.25) is 0 Å². The van der Waals surface area contributed by atoms with Crippen molar-refractivity contribution in [2.45, 2.75) is 0 Å². The van der Waals surface area contributed by atoms with Crippen molar-refractivity contribution >= 4 is 72.4 Å². The lowest BCUT2D eigenvalue weighted by atomic mass is 10.1. The van der Waals surface area contributed by atoms with Crippen LogP contribution in [0.4, 0.5) is 0 Å². The van der Waals surface area contributed by atoms with Crippen molar-refractivity contribution in [3.63, 3.8) is 0 Å². The molecule has 0 spiro atoms. The van der Waals surface area contributed by atoms with Gasteiger partial charge >= 0.3 is 0 Å². The summed E-state index contributed by atoms with van der Waals surface area (Å²) in [6, 6.07) is 97.2. The van der Waals surface area contributed by atoms with E-state index in [1.165, 1.54) is 53.8 Å². The van der Waals surface area contributed by atoms with Gasteiger partial charge in [-0.15, -0.1) is 0 Å². The van der Waals surface area contributed by atoms with Gasteiger partial charge in [0.05, 0.1) is 27.8 Å². The zero-order valence-corrected chi connectivity index (χ0v) is 38.7. The van der Waals surface area contributed by atoms with Gasteiger partial charge in [-0.05, 0) is 67.3 Å². The second kappa shape index (κ2) is 16.8. The van der Waals surface area contributed by atoms with Crippen LogP contribution in [0.1, 0.15) is 0 Å². The van der Waals surface area contributed by atoms with E-state index in [0.29, 0.717) is 5.95 Å². The second-order valence-electron chi connectivity index (χ2n) is 17.7. The third-order valence-corrected chi connectivity index (χ3v) is 18.6. The first-order valence-electron chi connectivity index (χ1n) is 23.6. The second-order valence-corrected chi connectivity index (χ2v) is 21.6. The molecule has 69 heavy (non-hydrogen) atoms. The van der Waals surface area contributed by atoms with Crippen LogP contribution in [0.15, 0.2) is 267 Å². The van der Waals surface area contributed by atoms with Gasteiger partial charge in [0.15, 0.2) is 8.07 Å². The van der Waals surface area contributed by atoms with Gasteiger partial charge in [0.2, 0.25) is 5.95 Å². The zero-order chi connectivity index (χ0) is 45.7. The number of nitrogens with zero attached hydrogens (tertiary/aromatic N) is 4. The monoisotopic (exact) mass is 896 g/mol. The summed E-state index contributed by atoms with van der Waals surface area (Å²) in [4.78, 5) is 11.2. The molecule has 0 aliphatic heterocycles. The topological polar surface area (TPSA) is 35.6 Å². The lowest BCUT2D eigenvalue weighted by Gasteiger charge is -2.35. The lowest BCUT2D eigenvalue weighted by Crippen LogP contribution is -2.74. The minimum absolute atomic E-state index is 0.616. The molecule has 4 nitrogen and oxygen atoms in total. The van der Waals surface area contributed by atoms with E-state index in [4.69, 9.17) is 9.97 Å². The summed E-state index contributed by atoms with van der Waals surface area (Å²) < 4.78 is 4.55. The van der Waals surface area contributed by atoms with Crippen LogP contribution < -0.4 is 20.7 Å². The van der Waals surface area contributed by atoms with Crippen molar-refractivity contribution in [3.05, 3.63) is 267 Å². The highest BCUT2D eigenvalue weighted by atomic mass is 28.3. The Bertz CT molecular complexity index is 3700. The van der Waals surface area contributed by atoms with Crippen molar-refractivity contribution in [2.75, 3.05) is 0 Å². The van der Waals surface area contributed by atoms with E-state index in [-0.39, 0.29) is 0 Å². The molecule has 0 aliphatic rings. The fraction of sp³-hybridized carbons (Fsp3) is 0. The number of rotatable bonds is 9. The maximum absolute atomic E-state index is 5.62. The van der Waals surface area contributed by atoms with Gasteiger partial charge < -0.3 is 0 Å². The Morgan fingerprint density at radius 1 is 0.261 bits per heavy atom. The molecule has 0 aliphatic carbocycles. The van der Waals surface area contributed by atoms with Gasteiger partial charge in [0.1, 0.15) is 5.82 Å². The highest BCUT2D eigenvalue weighted by molar-refractivity contribution is 7.20. The van der Waals surface area contributed by atoms with Gasteiger partial charge in [0.25, 0.3) is 0 Å². The van der Waals surface area contributed by atoms with Crippen molar-refractivity contribution in [1.82, 2.24) is 19.1 Å². The van der Waals surface area contributed by atoms with Gasteiger partial charge in [-0.2, -0.15) is 4.98 Å². The van der Waals surface area contributed by atoms with Crippen LogP contribution in [0.3, 0.4) is 0 Å². The molecule has 324 valence electrons. The average molecular weight is 897 g/mol. The van der Waals surface area contributed by atoms with Crippen LogP contribution in [0.25, 0.3) is 88.9 Å². The van der Waals surface area contributed by atoms with Crippen LogP contribution in [-0.4, -0.2) is 27.2 Å². The normalized spacial score (nSPS) is 11.8. The number of aromatic nitrogens is 4. The van der Waals surface area contributed by atoms with Crippen molar-refractivity contribution in [2.24, 2.45) is 0 Å². The molecular formula is C64H44N4Si. The molecule has 3 aromatic heterocycles. The van der Waals surface area contributed by atoms with E-state index in [1.807, 2.05) is 0 Å². The lowest BCUT2D eigenvalue weighted by molar-refractivity contribution is 0.952. The minimum Gasteiger partial charge on any atom is -0.294 e. The first-order chi connectivity index (χ1) is 34.2. The third-order valence-electron chi connectivity index (χ3n) is 13.9. The molecule has 5 heteroatoms. The largest absolute Gasteiger partial charge is 0.294 e. The molecule has 0 radical (unpaired) electrons. The fourth-order valence-corrected chi connectivity index (χ4v) is 15.7. The van der Waals surface area contributed by atoms with E-state index in [9.17, 15) is 0 Å². The van der Waals surface area contributed by atoms with Crippen LogP contribution >= 0.6 is 0 Å². The maximum atomic E-state index is 5.62. The third kappa shape index (κ3) is 6.74. The highest BCUT2D eigenvalue weighted by Crippen LogP contribution is 2.35. The molecule has 0 N–H and O–H groups in total. The molecule has 0 amide bonds. The highest BCUT2D eigenvalue weighted by Gasteiger charge is 2.42. The van der Waals surface area contributed by atoms with E-state index in [0.717, 1.165) is 49.9 Å². The predicted molar refractivity (Wildman–Crippen MR) is 291 cm³/mol. The average Bonchev–Trinajstić information content (AvgIpc) is 3.95. The minimum atomic E-state index is -3.13. The van der Waals surface area contributed by atoms with Crippen molar-refractivity contribution in [1.29, 1.82) is 0 Å². The molecule has 3 heterocycles. The molecule has 10 aromatic carbocycles. The quantitative estimate of drug-likeness (QED) is 0.107. The summed E-state index contributed by atoms with van der Waals surface area (Å²) in [7, 11) is -3.13. The number of hydrogen-bond donors (Lipinski definition) is 0. The van der Waals surface area contributed by atoms with E-state index in [2.05, 4.69) is 276 Å². The molecule has 0 unspecified atom stereocenters. The maximum Gasteiger partial charge on any atom is 0.237 e. The number of benzene rings is 10. The number of hydrogen-bond acceptors (Lipinski definition) is 2. The van der Waals surface area contributed by atoms with Crippen molar-refractivity contribution < 1.29 is 0 Å². The summed E-state index contributed by atoms with van der Waals surface area (Å²) in [6.45, 7) is 0. The smallest absolute Gasteiger partial charge is 0.237 e. The molecule has 13 aromatic rings. The zero-order valence-electron chi connectivity index (χ0n) is 37.7. The first-order valence-corrected chi connectivity index (χ1v) is 25.6. The molecular weight excluding hydrogens is 853 g/mol. The first kappa shape index (κ1) is 40.4. The molecule has 13 rings (SSSR count). The Hall–Kier alpha value is -8.90. The van der Waals surface area contributed by atoms with Gasteiger partial charge in [-0.1, -0.05) is 237 Å². The summed E-state index contributed by atoms with van der Waals surface area (Å²) in [5.74, 6) is 1.42. The van der Waals surface area contributed by atoms with E-state index < -0.39 is 8.07 Å². The Balaban J connectivity index is 1.11. The molecule has 0 saturated heterocycles. The van der Waals surface area contributed by atoms with Gasteiger partial charge in [-0.25, -0.2) is 4.98 Å². The van der Waals surface area contributed by atoms with E-state index >= 15 is 0 Å². The van der Waals surface area contributed by atoms with Crippen LogP contribution in [-0.2, 0) is 0 Å². The van der Waals surface area contributed by atoms with Gasteiger partial charge in [0, 0.05) is 33.2 Å². The van der Waals surface area contributed by atoms with Crippen LogP contribution in [0.5, 0.6) is 0 Å². The van der Waals surface area contributed by atoms with Gasteiger partial charge in [-0.3, -0.25) is 9.13 Å². The fourth-order valence-electron chi connectivity index (χ4n) is 10.8. The molecule has 0 atom stereocenters. The molecule has 0 bridgehead atoms. The number of para-hydroxylation sites is 4. The standard InChI is InChI=1S/C64H44N4Si/c1-4-21-45(22-5-1)47-25-18-30-51(41-47)69(50-28-8-3-9-29-50,52-31-19-26-48(42-52)46-23-6-2-7-24-46)53-32-20-27-49(43-53)58-44-63(67-59-37-14-10-33-54(59)55-34-11-15-38-60(55)67)66-64(65-58)68-61-39-16-12-35-56(61)57-36-13-17-40-62(57)68/h1-44H. The summed E-state index contributed by atoms with van der Waals surface area (Å²) >= 11 is 0. The summed E-state index contributed by atoms with van der Waals surface area (Å²) in [5, 5.41) is 9.86. The Morgan fingerprint density at radius 3 is 1.07 bits per heavy atom. The van der Waals surface area contributed by atoms with E-state index in [1.54, 1.807) is 0 Å². The summed E-state index contributed by atoms with van der Waals surface area (Å²) in [6.07, 6.45) is 0. The Labute approximate surface area is 401 Å². The molecule has 0 fully saturated rings. The molecule has 0 saturated carbocycles. The number of fused-ring (bicyclic) bond motifs is 6. The summed E-state index contributed by atoms with van der Waals surface area (Å²) in [5.41, 5.74) is 10.9.